The second-order valence-corrected chi connectivity index (χ2v) is 7.76. The Morgan fingerprint density at radius 1 is 1.31 bits per heavy atom. The molecule has 0 aliphatic carbocycles. The molecule has 1 aliphatic heterocycles. The first-order valence-corrected chi connectivity index (χ1v) is 9.73. The zero-order valence-corrected chi connectivity index (χ0v) is 16.2. The molecule has 0 spiro atoms. The lowest BCUT2D eigenvalue weighted by Crippen LogP contribution is -2.48. The predicted octanol–water partition coefficient (Wildman–Crippen LogP) is 0.224. The summed E-state index contributed by atoms with van der Waals surface area (Å²) in [5, 5.41) is 21.6. The topological polar surface area (TPSA) is 106 Å². The molecule has 1 atom stereocenters. The van der Waals surface area contributed by atoms with Gasteiger partial charge in [0, 0.05) is 24.5 Å². The third kappa shape index (κ3) is 5.73. The van der Waals surface area contributed by atoms with E-state index in [9.17, 15) is 9.59 Å². The number of carbonyl (C=O) groups is 2. The van der Waals surface area contributed by atoms with Crippen LogP contribution < -0.4 is 5.32 Å². The third-order valence-electron chi connectivity index (χ3n) is 4.55. The standard InChI is InChI=1S/C17H28N4O4S/c1-12-13(2)26-17(18-12)19-15(24)11-20-5-3-4-14(10-20)16(25)21(6-8-22)7-9-23/h14,22-23H,3-11H2,1-2H3,(H,18,19,24). The Labute approximate surface area is 157 Å². The van der Waals surface area contributed by atoms with Crippen molar-refractivity contribution in [3.63, 3.8) is 0 Å². The van der Waals surface area contributed by atoms with Gasteiger partial charge in [-0.15, -0.1) is 11.3 Å². The molecule has 0 bridgehead atoms. The lowest BCUT2D eigenvalue weighted by Gasteiger charge is -2.34. The van der Waals surface area contributed by atoms with Crippen molar-refractivity contribution in [2.24, 2.45) is 5.92 Å². The monoisotopic (exact) mass is 384 g/mol. The molecule has 26 heavy (non-hydrogen) atoms. The van der Waals surface area contributed by atoms with Crippen LogP contribution in [0.5, 0.6) is 0 Å². The lowest BCUT2D eigenvalue weighted by atomic mass is 9.96. The van der Waals surface area contributed by atoms with E-state index in [2.05, 4.69) is 10.3 Å². The maximum Gasteiger partial charge on any atom is 0.240 e. The predicted molar refractivity (Wildman–Crippen MR) is 100 cm³/mol. The van der Waals surface area contributed by atoms with Crippen LogP contribution in [-0.4, -0.2) is 82.7 Å². The van der Waals surface area contributed by atoms with Gasteiger partial charge >= 0.3 is 0 Å². The number of carbonyl (C=O) groups excluding carboxylic acids is 2. The van der Waals surface area contributed by atoms with Crippen molar-refractivity contribution in [1.29, 1.82) is 0 Å². The molecule has 146 valence electrons. The van der Waals surface area contributed by atoms with Crippen molar-refractivity contribution < 1.29 is 19.8 Å². The fourth-order valence-electron chi connectivity index (χ4n) is 3.12. The summed E-state index contributed by atoms with van der Waals surface area (Å²) in [7, 11) is 0. The number of thiazole rings is 1. The number of piperidine rings is 1. The highest BCUT2D eigenvalue weighted by Gasteiger charge is 2.29. The Hall–Kier alpha value is -1.55. The Balaban J connectivity index is 1.88. The van der Waals surface area contributed by atoms with Crippen LogP contribution >= 0.6 is 11.3 Å². The molecule has 1 aromatic heterocycles. The molecular formula is C17H28N4O4S. The van der Waals surface area contributed by atoms with Crippen molar-refractivity contribution in [1.82, 2.24) is 14.8 Å². The van der Waals surface area contributed by atoms with Gasteiger partial charge < -0.3 is 20.4 Å². The number of nitrogens with one attached hydrogen (secondary N) is 1. The molecule has 1 saturated heterocycles. The van der Waals surface area contributed by atoms with Gasteiger partial charge in [-0.2, -0.15) is 0 Å². The first-order valence-electron chi connectivity index (χ1n) is 8.91. The lowest BCUT2D eigenvalue weighted by molar-refractivity contribution is -0.139. The van der Waals surface area contributed by atoms with Crippen molar-refractivity contribution in [3.8, 4) is 0 Å². The maximum absolute atomic E-state index is 12.6. The Morgan fingerprint density at radius 2 is 2.00 bits per heavy atom. The molecule has 1 aromatic rings. The summed E-state index contributed by atoms with van der Waals surface area (Å²) in [6.45, 7) is 5.57. The van der Waals surface area contributed by atoms with Crippen LogP contribution in [0.3, 0.4) is 0 Å². The molecule has 1 unspecified atom stereocenters. The van der Waals surface area contributed by atoms with E-state index in [0.29, 0.717) is 11.7 Å². The van der Waals surface area contributed by atoms with E-state index in [1.807, 2.05) is 18.7 Å². The Bertz CT molecular complexity index is 596. The largest absolute Gasteiger partial charge is 0.395 e. The normalized spacial score (nSPS) is 17.9. The SMILES string of the molecule is Cc1nc(NC(=O)CN2CCCC(C(=O)N(CCO)CCO)C2)sc1C. The Morgan fingerprint density at radius 3 is 2.58 bits per heavy atom. The van der Waals surface area contributed by atoms with E-state index in [0.717, 1.165) is 30.0 Å². The number of amides is 2. The number of hydrogen-bond acceptors (Lipinski definition) is 7. The number of anilines is 1. The maximum atomic E-state index is 12.6. The molecule has 0 radical (unpaired) electrons. The molecule has 8 nitrogen and oxygen atoms in total. The highest BCUT2D eigenvalue weighted by atomic mass is 32.1. The summed E-state index contributed by atoms with van der Waals surface area (Å²) in [6.07, 6.45) is 1.60. The third-order valence-corrected chi connectivity index (χ3v) is 5.54. The van der Waals surface area contributed by atoms with Crippen LogP contribution in [0.25, 0.3) is 0 Å². The van der Waals surface area contributed by atoms with E-state index in [1.165, 1.54) is 16.2 Å². The minimum atomic E-state index is -0.209. The molecule has 1 fully saturated rings. The molecule has 0 saturated carbocycles. The molecular weight excluding hydrogens is 356 g/mol. The van der Waals surface area contributed by atoms with Gasteiger partial charge in [0.1, 0.15) is 0 Å². The molecule has 2 amide bonds. The van der Waals surface area contributed by atoms with Crippen LogP contribution in [0.2, 0.25) is 0 Å². The van der Waals surface area contributed by atoms with Gasteiger partial charge in [0.2, 0.25) is 11.8 Å². The number of aliphatic hydroxyl groups is 2. The van der Waals surface area contributed by atoms with Crippen molar-refractivity contribution in [3.05, 3.63) is 10.6 Å². The Kier molecular flexibility index (Phi) is 7.95. The highest BCUT2D eigenvalue weighted by Crippen LogP contribution is 2.22. The first kappa shape index (κ1) is 20.8. The van der Waals surface area contributed by atoms with Gasteiger partial charge in [0.25, 0.3) is 0 Å². The summed E-state index contributed by atoms with van der Waals surface area (Å²) in [5.74, 6) is -0.405. The van der Waals surface area contributed by atoms with Crippen LogP contribution in [-0.2, 0) is 9.59 Å². The number of likely N-dealkylation sites (tertiary alicyclic amines) is 1. The van der Waals surface area contributed by atoms with Gasteiger partial charge in [0.05, 0.1) is 31.4 Å². The zero-order valence-electron chi connectivity index (χ0n) is 15.4. The second-order valence-electron chi connectivity index (χ2n) is 6.56. The van der Waals surface area contributed by atoms with Gasteiger partial charge in [-0.3, -0.25) is 14.5 Å². The quantitative estimate of drug-likeness (QED) is 0.592. The van der Waals surface area contributed by atoms with Crippen LogP contribution in [0.1, 0.15) is 23.4 Å². The van der Waals surface area contributed by atoms with Gasteiger partial charge in [-0.05, 0) is 33.2 Å². The summed E-state index contributed by atoms with van der Waals surface area (Å²) in [4.78, 5) is 33.7. The number of nitrogens with zero attached hydrogens (tertiary/aromatic N) is 3. The average molecular weight is 385 g/mol. The van der Waals surface area contributed by atoms with Crippen molar-refractivity contribution in [2.75, 3.05) is 51.3 Å². The highest BCUT2D eigenvalue weighted by molar-refractivity contribution is 7.15. The van der Waals surface area contributed by atoms with Crippen molar-refractivity contribution >= 4 is 28.3 Å². The van der Waals surface area contributed by atoms with E-state index in [1.54, 1.807) is 0 Å². The summed E-state index contributed by atoms with van der Waals surface area (Å²) in [5.41, 5.74) is 0.918. The molecule has 3 N–H and O–H groups in total. The smallest absolute Gasteiger partial charge is 0.240 e. The molecule has 0 aromatic carbocycles. The number of aromatic nitrogens is 1. The molecule has 2 heterocycles. The number of aliphatic hydroxyl groups excluding tert-OH is 2. The fourth-order valence-corrected chi connectivity index (χ4v) is 3.95. The van der Waals surface area contributed by atoms with Gasteiger partial charge in [-0.1, -0.05) is 0 Å². The van der Waals surface area contributed by atoms with Crippen LogP contribution in [0.4, 0.5) is 5.13 Å². The molecule has 2 rings (SSSR count). The average Bonchev–Trinajstić information content (AvgIpc) is 2.91. The first-order chi connectivity index (χ1) is 12.4. The van der Waals surface area contributed by atoms with Crippen molar-refractivity contribution in [2.45, 2.75) is 26.7 Å². The van der Waals surface area contributed by atoms with E-state index < -0.39 is 0 Å². The minimum absolute atomic E-state index is 0.0654. The van der Waals surface area contributed by atoms with Crippen LogP contribution in [0, 0.1) is 19.8 Å². The summed E-state index contributed by atoms with van der Waals surface area (Å²) >= 11 is 1.46. The molecule has 9 heteroatoms. The fraction of sp³-hybridized carbons (Fsp3) is 0.706. The number of rotatable bonds is 8. The zero-order chi connectivity index (χ0) is 19.1. The van der Waals surface area contributed by atoms with Gasteiger partial charge in [-0.25, -0.2) is 4.98 Å². The van der Waals surface area contributed by atoms with Gasteiger partial charge in [0.15, 0.2) is 5.13 Å². The second kappa shape index (κ2) is 9.96. The summed E-state index contributed by atoms with van der Waals surface area (Å²) < 4.78 is 0. The van der Waals surface area contributed by atoms with E-state index >= 15 is 0 Å². The van der Waals surface area contributed by atoms with E-state index in [-0.39, 0.29) is 50.6 Å². The number of aryl methyl sites for hydroxylation is 2. The van der Waals surface area contributed by atoms with E-state index in [4.69, 9.17) is 10.2 Å². The number of hydrogen-bond donors (Lipinski definition) is 3. The van der Waals surface area contributed by atoms with Crippen LogP contribution in [0.15, 0.2) is 0 Å². The molecule has 1 aliphatic rings. The minimum Gasteiger partial charge on any atom is -0.395 e. The summed E-state index contributed by atoms with van der Waals surface area (Å²) in [6, 6.07) is 0.